The Hall–Kier alpha value is -3.09. The number of aromatic nitrogens is 7. The number of fused-ring (bicyclic) bond motifs is 1. The molecule has 2 aliphatic rings. The van der Waals surface area contributed by atoms with Gasteiger partial charge in [0, 0.05) is 25.9 Å². The molecule has 0 saturated carbocycles. The molecule has 1 fully saturated rings. The van der Waals surface area contributed by atoms with Crippen LogP contribution in [0.1, 0.15) is 50.9 Å². The van der Waals surface area contributed by atoms with Gasteiger partial charge in [0.2, 0.25) is 0 Å². The third kappa shape index (κ3) is 7.26. The molecule has 262 valence electrons. The molecule has 2 aliphatic heterocycles. The van der Waals surface area contributed by atoms with Crippen LogP contribution in [0.5, 0.6) is 0 Å². The van der Waals surface area contributed by atoms with Crippen molar-refractivity contribution in [3.8, 4) is 0 Å². The first-order valence-electron chi connectivity index (χ1n) is 15.4. The number of aliphatic hydroxyl groups is 1. The van der Waals surface area contributed by atoms with E-state index < -0.39 is 46.8 Å². The van der Waals surface area contributed by atoms with Crippen molar-refractivity contribution >= 4 is 49.5 Å². The number of imidazole rings is 1. The monoisotopic (exact) mass is 711 g/mol. The van der Waals surface area contributed by atoms with E-state index in [9.17, 15) is 24.0 Å². The highest BCUT2D eigenvalue weighted by atomic mass is 31.2. The van der Waals surface area contributed by atoms with Gasteiger partial charge in [0.05, 0.1) is 24.9 Å². The van der Waals surface area contributed by atoms with Crippen LogP contribution in [-0.4, -0.2) is 94.1 Å². The number of anilines is 2. The summed E-state index contributed by atoms with van der Waals surface area (Å²) in [6, 6.07) is 0.0870. The zero-order chi connectivity index (χ0) is 34.2. The molecule has 6 N–H and O–H groups in total. The summed E-state index contributed by atoms with van der Waals surface area (Å²) in [4.78, 5) is 41.6. The Labute approximate surface area is 275 Å². The van der Waals surface area contributed by atoms with Crippen LogP contribution in [0, 0.1) is 5.92 Å². The van der Waals surface area contributed by atoms with Crippen molar-refractivity contribution in [1.29, 1.82) is 0 Å². The second-order valence-corrected chi connectivity index (χ2v) is 14.9. The van der Waals surface area contributed by atoms with E-state index in [1.165, 1.54) is 22.8 Å². The van der Waals surface area contributed by atoms with Gasteiger partial charge in [0.25, 0.3) is 0 Å². The van der Waals surface area contributed by atoms with Crippen molar-refractivity contribution in [2.24, 2.45) is 5.92 Å². The first kappa shape index (κ1) is 34.8. The van der Waals surface area contributed by atoms with Crippen molar-refractivity contribution in [2.75, 3.05) is 37.9 Å². The molecule has 0 amide bonds. The van der Waals surface area contributed by atoms with Crippen LogP contribution < -0.4 is 11.1 Å². The number of phosphoric acid groups is 2. The van der Waals surface area contributed by atoms with Gasteiger partial charge < -0.3 is 35.2 Å². The average molecular weight is 712 g/mol. The fourth-order valence-corrected chi connectivity index (χ4v) is 7.41. The van der Waals surface area contributed by atoms with Gasteiger partial charge in [-0.2, -0.15) is 0 Å². The molecule has 3 unspecified atom stereocenters. The van der Waals surface area contributed by atoms with Crippen LogP contribution in [0.15, 0.2) is 25.2 Å². The minimum atomic E-state index is -4.80. The molecule has 0 spiro atoms. The minimum Gasteiger partial charge on any atom is -0.387 e. The number of hydrogen-bond donors (Lipinski definition) is 5. The Bertz CT molecular complexity index is 1860. The quantitative estimate of drug-likeness (QED) is 0.118. The molecule has 4 aromatic rings. The maximum Gasteiger partial charge on any atom is 0.472 e. The van der Waals surface area contributed by atoms with E-state index >= 15 is 0 Å². The summed E-state index contributed by atoms with van der Waals surface area (Å²) >= 11 is 0. The first-order valence-corrected chi connectivity index (χ1v) is 18.4. The van der Waals surface area contributed by atoms with Crippen molar-refractivity contribution in [2.45, 2.75) is 70.1 Å². The Morgan fingerprint density at radius 1 is 1.08 bits per heavy atom. The van der Waals surface area contributed by atoms with E-state index in [0.29, 0.717) is 6.42 Å². The van der Waals surface area contributed by atoms with E-state index in [1.807, 2.05) is 6.92 Å². The summed E-state index contributed by atoms with van der Waals surface area (Å²) in [6.07, 6.45) is 3.79. The van der Waals surface area contributed by atoms with Gasteiger partial charge >= 0.3 is 15.6 Å². The van der Waals surface area contributed by atoms with E-state index in [2.05, 4.69) is 52.4 Å². The molecular formula is C27H39N9O10P2. The van der Waals surface area contributed by atoms with Crippen molar-refractivity contribution in [3.05, 3.63) is 30.7 Å². The van der Waals surface area contributed by atoms with E-state index in [0.717, 1.165) is 49.8 Å². The first-order chi connectivity index (χ1) is 22.9. The lowest BCUT2D eigenvalue weighted by Crippen LogP contribution is -2.35. The second kappa shape index (κ2) is 14.0. The topological polar surface area (TPSA) is 253 Å². The molecule has 48 heavy (non-hydrogen) atoms. The smallest absolute Gasteiger partial charge is 0.387 e. The fraction of sp³-hybridized carbons (Fsp3) is 0.593. The summed E-state index contributed by atoms with van der Waals surface area (Å²) in [5.74, 6) is 0.778. The third-order valence-electron chi connectivity index (χ3n) is 8.54. The van der Waals surface area contributed by atoms with Gasteiger partial charge in [-0.15, -0.1) is 0 Å². The molecule has 19 nitrogen and oxygen atoms in total. The molecule has 0 aromatic carbocycles. The summed E-state index contributed by atoms with van der Waals surface area (Å²) in [5, 5.41) is 15.5. The minimum absolute atomic E-state index is 0.0741. The van der Waals surface area contributed by atoms with Crippen LogP contribution in [0.2, 0.25) is 0 Å². The molecule has 0 aliphatic carbocycles. The van der Waals surface area contributed by atoms with Crippen LogP contribution in [0.3, 0.4) is 0 Å². The molecule has 21 heteroatoms. The SMILES string of the molecule is COP(=O)(O)OCC1O[C@@H](n2cnc3c(N)ncnc32)[C@H](OP(=O)(O)OC[C@@H](C)CC[C@@H](C)n2cc3c4c(ncnc42)NCCC3)[C@@H]1O. The summed E-state index contributed by atoms with van der Waals surface area (Å²) in [5.41, 5.74) is 8.39. The van der Waals surface area contributed by atoms with Gasteiger partial charge in [-0.1, -0.05) is 6.92 Å². The number of aryl methyl sites for hydroxylation is 1. The van der Waals surface area contributed by atoms with Crippen LogP contribution in [0.25, 0.3) is 22.2 Å². The van der Waals surface area contributed by atoms with Crippen LogP contribution in [-0.2, 0) is 38.4 Å². The van der Waals surface area contributed by atoms with Gasteiger partial charge in [0.15, 0.2) is 17.7 Å². The molecule has 0 bridgehead atoms. The number of nitrogen functional groups attached to an aromatic ring is 1. The number of nitrogens with one attached hydrogen (secondary N) is 1. The van der Waals surface area contributed by atoms with Gasteiger partial charge in [-0.3, -0.25) is 22.7 Å². The van der Waals surface area contributed by atoms with Crippen LogP contribution in [0.4, 0.5) is 11.6 Å². The molecular weight excluding hydrogens is 672 g/mol. The Morgan fingerprint density at radius 2 is 1.85 bits per heavy atom. The van der Waals surface area contributed by atoms with Gasteiger partial charge in [-0.25, -0.2) is 34.0 Å². The zero-order valence-electron chi connectivity index (χ0n) is 26.5. The average Bonchev–Trinajstić information content (AvgIpc) is 3.69. The number of ether oxygens (including phenoxy) is 1. The Balaban J connectivity index is 1.11. The number of nitrogens with zero attached hydrogens (tertiary/aromatic N) is 7. The Morgan fingerprint density at radius 3 is 2.65 bits per heavy atom. The maximum absolute atomic E-state index is 13.2. The van der Waals surface area contributed by atoms with E-state index in [-0.39, 0.29) is 35.5 Å². The number of rotatable bonds is 14. The molecule has 0 radical (unpaired) electrons. The number of nitrogens with two attached hydrogens (primary N) is 1. The van der Waals surface area contributed by atoms with Gasteiger partial charge in [0.1, 0.15) is 47.9 Å². The van der Waals surface area contributed by atoms with E-state index in [4.69, 9.17) is 24.0 Å². The molecule has 6 heterocycles. The lowest BCUT2D eigenvalue weighted by atomic mass is 10.0. The maximum atomic E-state index is 13.2. The number of phosphoric ester groups is 2. The second-order valence-electron chi connectivity index (χ2n) is 12.0. The van der Waals surface area contributed by atoms with E-state index in [1.54, 1.807) is 6.33 Å². The van der Waals surface area contributed by atoms with Crippen molar-refractivity contribution in [3.63, 3.8) is 0 Å². The third-order valence-corrected chi connectivity index (χ3v) is 10.5. The lowest BCUT2D eigenvalue weighted by molar-refractivity contribution is -0.0513. The number of aliphatic hydroxyl groups excluding tert-OH is 1. The van der Waals surface area contributed by atoms with Crippen molar-refractivity contribution < 1.29 is 46.9 Å². The zero-order valence-corrected chi connectivity index (χ0v) is 28.3. The standard InChI is InChI=1S/C27H39N9O10P2/c1-15(6-7-16(2)35-9-17-5-4-8-29-24-19(17)25(35)32-13-31-24)10-43-48(40,41)46-22-21(37)18(11-44-47(38,39)42-3)45-27(22)36-14-34-20-23(28)30-12-33-26(20)36/h9,12-16,18,21-22,27,37H,4-8,10-11H2,1-3H3,(H,38,39)(H,40,41)(H2,28,30,33)(H,29,31,32)/t15-,16+,18?,21+,22+,27+/m0/s1. The molecule has 1 saturated heterocycles. The molecule has 6 rings (SSSR count). The highest BCUT2D eigenvalue weighted by Gasteiger charge is 2.50. The predicted molar refractivity (Wildman–Crippen MR) is 171 cm³/mol. The Kier molecular flexibility index (Phi) is 10.2. The predicted octanol–water partition coefficient (Wildman–Crippen LogP) is 2.71. The molecule has 8 atom stereocenters. The highest BCUT2D eigenvalue weighted by Crippen LogP contribution is 2.50. The lowest BCUT2D eigenvalue weighted by Gasteiger charge is -2.25. The van der Waals surface area contributed by atoms with Crippen LogP contribution >= 0.6 is 15.6 Å². The normalized spacial score (nSPS) is 25.0. The van der Waals surface area contributed by atoms with Gasteiger partial charge in [-0.05, 0) is 44.1 Å². The fourth-order valence-electron chi connectivity index (χ4n) is 5.93. The summed E-state index contributed by atoms with van der Waals surface area (Å²) in [7, 11) is -8.26. The number of hydrogen-bond acceptors (Lipinski definition) is 15. The largest absolute Gasteiger partial charge is 0.472 e. The summed E-state index contributed by atoms with van der Waals surface area (Å²) < 4.78 is 54.7. The van der Waals surface area contributed by atoms with Crippen molar-refractivity contribution in [1.82, 2.24) is 34.1 Å². The molecule has 4 aromatic heterocycles. The summed E-state index contributed by atoms with van der Waals surface area (Å²) in [6.45, 7) is 4.12. The highest BCUT2D eigenvalue weighted by molar-refractivity contribution is 7.47.